The summed E-state index contributed by atoms with van der Waals surface area (Å²) in [6.07, 6.45) is 0. The molecule has 0 saturated heterocycles. The fraction of sp³-hybridized carbons (Fsp3) is 0. The Labute approximate surface area is 96.2 Å². The number of hydrogen-bond acceptors (Lipinski definition) is 6. The molecular weight excluding hydrogens is 248 g/mol. The van der Waals surface area contributed by atoms with Crippen molar-refractivity contribution in [3.63, 3.8) is 0 Å². The average Bonchev–Trinajstić information content (AvgIpc) is 2.27. The van der Waals surface area contributed by atoms with E-state index in [1.165, 1.54) is 0 Å². The lowest BCUT2D eigenvalue weighted by Crippen LogP contribution is -2.22. The summed E-state index contributed by atoms with van der Waals surface area (Å²) in [5.41, 5.74) is -3.52. The number of benzene rings is 1. The van der Waals surface area contributed by atoms with E-state index in [1.54, 1.807) is 0 Å². The summed E-state index contributed by atoms with van der Waals surface area (Å²) in [6, 6.07) is 1.54. The fourth-order valence-corrected chi connectivity index (χ4v) is 1.49. The zero-order valence-corrected chi connectivity index (χ0v) is 8.50. The van der Waals surface area contributed by atoms with E-state index in [2.05, 4.69) is 4.98 Å². The topological polar surface area (TPSA) is 152 Å². The second-order valence-corrected chi connectivity index (χ2v) is 3.31. The zero-order chi connectivity index (χ0) is 13.4. The van der Waals surface area contributed by atoms with E-state index in [4.69, 9.17) is 0 Å². The molecule has 0 saturated carbocycles. The van der Waals surface area contributed by atoms with Crippen molar-refractivity contribution in [2.45, 2.75) is 0 Å². The lowest BCUT2D eigenvalue weighted by atomic mass is 10.2. The minimum atomic E-state index is -0.930. The van der Waals surface area contributed by atoms with Crippen molar-refractivity contribution in [1.29, 1.82) is 0 Å². The van der Waals surface area contributed by atoms with Crippen LogP contribution < -0.4 is 11.2 Å². The van der Waals surface area contributed by atoms with Gasteiger partial charge in [-0.3, -0.25) is 30.0 Å². The van der Waals surface area contributed by atoms with Crippen molar-refractivity contribution in [3.8, 4) is 0 Å². The predicted octanol–water partition coefficient (Wildman–Crippen LogP) is 0.0328. The van der Waals surface area contributed by atoms with Gasteiger partial charge in [0.25, 0.3) is 11.2 Å². The molecule has 0 aliphatic heterocycles. The van der Waals surface area contributed by atoms with Gasteiger partial charge in [0.15, 0.2) is 0 Å². The first-order chi connectivity index (χ1) is 8.40. The van der Waals surface area contributed by atoms with Crippen LogP contribution in [-0.4, -0.2) is 19.8 Å². The molecule has 1 aromatic carbocycles. The second kappa shape index (κ2) is 3.76. The van der Waals surface area contributed by atoms with Crippen LogP contribution in [0.25, 0.3) is 10.9 Å². The van der Waals surface area contributed by atoms with Crippen molar-refractivity contribution in [2.75, 3.05) is 0 Å². The third kappa shape index (κ3) is 1.71. The van der Waals surface area contributed by atoms with E-state index in [0.29, 0.717) is 6.07 Å². The maximum Gasteiger partial charge on any atom is 0.326 e. The van der Waals surface area contributed by atoms with Gasteiger partial charge in [0.2, 0.25) is 0 Å². The van der Waals surface area contributed by atoms with Crippen molar-refractivity contribution in [3.05, 3.63) is 53.2 Å². The quantitative estimate of drug-likeness (QED) is 0.568. The van der Waals surface area contributed by atoms with Crippen LogP contribution in [0.3, 0.4) is 0 Å². The molecule has 18 heavy (non-hydrogen) atoms. The SMILES string of the molecule is O=c1[nH]c(=O)c2cc([N+](=O)[O-])cc([N+](=O)[O-])c2[nH]1. The molecule has 0 aliphatic rings. The lowest BCUT2D eigenvalue weighted by Gasteiger charge is -1.98. The Morgan fingerprint density at radius 1 is 1.00 bits per heavy atom. The molecule has 1 aromatic heterocycles. The standard InChI is InChI=1S/C8H4N4O6/c13-7-4-1-3(11(15)16)2-5(12(17)18)6(4)9-8(14)10-7/h1-2H,(H2,9,10,13,14). The summed E-state index contributed by atoms with van der Waals surface area (Å²) < 4.78 is 0. The highest BCUT2D eigenvalue weighted by molar-refractivity contribution is 5.88. The first kappa shape index (κ1) is 11.4. The van der Waals surface area contributed by atoms with Crippen LogP contribution in [0, 0.1) is 20.2 Å². The van der Waals surface area contributed by atoms with Crippen molar-refractivity contribution in [2.24, 2.45) is 0 Å². The zero-order valence-electron chi connectivity index (χ0n) is 8.50. The van der Waals surface area contributed by atoms with Gasteiger partial charge in [0.05, 0.1) is 21.3 Å². The number of aromatic nitrogens is 2. The first-order valence-electron chi connectivity index (χ1n) is 4.49. The van der Waals surface area contributed by atoms with Crippen LogP contribution in [-0.2, 0) is 0 Å². The molecule has 2 rings (SSSR count). The molecule has 0 fully saturated rings. The van der Waals surface area contributed by atoms with Crippen molar-refractivity contribution in [1.82, 2.24) is 9.97 Å². The molecule has 92 valence electrons. The molecule has 1 heterocycles. The number of aromatic amines is 2. The molecule has 0 radical (unpaired) electrons. The van der Waals surface area contributed by atoms with Gasteiger partial charge in [-0.05, 0) is 0 Å². The molecule has 0 unspecified atom stereocenters. The Kier molecular flexibility index (Phi) is 2.39. The van der Waals surface area contributed by atoms with Crippen LogP contribution in [0.1, 0.15) is 0 Å². The van der Waals surface area contributed by atoms with Crippen molar-refractivity contribution < 1.29 is 9.85 Å². The van der Waals surface area contributed by atoms with E-state index >= 15 is 0 Å². The Morgan fingerprint density at radius 2 is 1.67 bits per heavy atom. The number of non-ortho nitro benzene ring substituents is 2. The molecule has 0 amide bonds. The normalized spacial score (nSPS) is 10.4. The van der Waals surface area contributed by atoms with E-state index in [0.717, 1.165) is 6.07 Å². The Hall–Kier alpha value is -3.04. The highest BCUT2D eigenvalue weighted by Gasteiger charge is 2.21. The molecule has 10 heteroatoms. The number of nitrogens with one attached hydrogen (secondary N) is 2. The molecule has 2 aromatic rings. The highest BCUT2D eigenvalue weighted by atomic mass is 16.6. The smallest absolute Gasteiger partial charge is 0.301 e. The van der Waals surface area contributed by atoms with Crippen LogP contribution in [0.15, 0.2) is 21.7 Å². The Balaban J connectivity index is 3.04. The summed E-state index contributed by atoms with van der Waals surface area (Å²) in [4.78, 5) is 45.9. The number of nitrogens with zero attached hydrogens (tertiary/aromatic N) is 2. The maximum atomic E-state index is 11.4. The molecule has 0 aliphatic carbocycles. The molecule has 0 bridgehead atoms. The number of hydrogen-bond donors (Lipinski definition) is 2. The minimum Gasteiger partial charge on any atom is -0.301 e. The highest BCUT2D eigenvalue weighted by Crippen LogP contribution is 2.26. The summed E-state index contributed by atoms with van der Waals surface area (Å²) in [7, 11) is 0. The van der Waals surface area contributed by atoms with Crippen LogP contribution in [0.4, 0.5) is 11.4 Å². The number of rotatable bonds is 2. The van der Waals surface area contributed by atoms with Gasteiger partial charge < -0.3 is 4.98 Å². The Bertz CT molecular complexity index is 788. The van der Waals surface area contributed by atoms with Gasteiger partial charge in [-0.2, -0.15) is 0 Å². The predicted molar refractivity (Wildman–Crippen MR) is 58.5 cm³/mol. The van der Waals surface area contributed by atoms with Gasteiger partial charge in [-0.15, -0.1) is 0 Å². The third-order valence-corrected chi connectivity index (χ3v) is 2.22. The average molecular weight is 252 g/mol. The Morgan fingerprint density at radius 3 is 2.22 bits per heavy atom. The largest absolute Gasteiger partial charge is 0.326 e. The van der Waals surface area contributed by atoms with Gasteiger partial charge in [-0.25, -0.2) is 4.79 Å². The summed E-state index contributed by atoms with van der Waals surface area (Å²) in [5, 5.41) is 21.0. The maximum absolute atomic E-state index is 11.4. The fourth-order valence-electron chi connectivity index (χ4n) is 1.49. The number of nitro benzene ring substituents is 2. The van der Waals surface area contributed by atoms with E-state index < -0.39 is 32.5 Å². The van der Waals surface area contributed by atoms with Gasteiger partial charge in [0, 0.05) is 6.07 Å². The monoisotopic (exact) mass is 252 g/mol. The minimum absolute atomic E-state index is 0.324. The molecule has 0 spiro atoms. The second-order valence-electron chi connectivity index (χ2n) is 3.31. The molecule has 2 N–H and O–H groups in total. The molecule has 0 atom stereocenters. The van der Waals surface area contributed by atoms with Crippen LogP contribution in [0.5, 0.6) is 0 Å². The van der Waals surface area contributed by atoms with E-state index in [9.17, 15) is 29.8 Å². The third-order valence-electron chi connectivity index (χ3n) is 2.22. The van der Waals surface area contributed by atoms with Gasteiger partial charge in [-0.1, -0.05) is 0 Å². The molecular formula is C8H4N4O6. The number of fused-ring (bicyclic) bond motifs is 1. The van der Waals surface area contributed by atoms with Gasteiger partial charge in [0.1, 0.15) is 5.52 Å². The van der Waals surface area contributed by atoms with E-state index in [1.807, 2.05) is 4.98 Å². The first-order valence-corrected chi connectivity index (χ1v) is 4.49. The summed E-state index contributed by atoms with van der Waals surface area (Å²) in [5.74, 6) is 0. The molecule has 10 nitrogen and oxygen atoms in total. The van der Waals surface area contributed by atoms with Crippen molar-refractivity contribution >= 4 is 22.3 Å². The van der Waals surface area contributed by atoms with E-state index in [-0.39, 0.29) is 10.9 Å². The number of nitro groups is 2. The number of H-pyrrole nitrogens is 2. The summed E-state index contributed by atoms with van der Waals surface area (Å²) in [6.45, 7) is 0. The van der Waals surface area contributed by atoms with Gasteiger partial charge >= 0.3 is 11.4 Å². The lowest BCUT2D eigenvalue weighted by molar-refractivity contribution is -0.393. The van der Waals surface area contributed by atoms with Crippen LogP contribution >= 0.6 is 0 Å². The summed E-state index contributed by atoms with van der Waals surface area (Å²) >= 11 is 0. The van der Waals surface area contributed by atoms with Crippen LogP contribution in [0.2, 0.25) is 0 Å².